The Morgan fingerprint density at radius 3 is 2.71 bits per heavy atom. The zero-order valence-corrected chi connectivity index (χ0v) is 14.4. The van der Waals surface area contributed by atoms with Crippen LogP contribution in [0.1, 0.15) is 65.6 Å². The Bertz CT molecular complexity index is 438. The lowest BCUT2D eigenvalue weighted by Crippen LogP contribution is -2.61. The highest BCUT2D eigenvalue weighted by Crippen LogP contribution is 2.25. The molecule has 0 spiro atoms. The summed E-state index contributed by atoms with van der Waals surface area (Å²) in [6.07, 6.45) is 5.62. The molecule has 2 atom stereocenters. The Morgan fingerprint density at radius 2 is 2.10 bits per heavy atom. The largest absolute Gasteiger partial charge is 0.311 e. The van der Waals surface area contributed by atoms with E-state index in [0.717, 1.165) is 32.5 Å². The highest BCUT2D eigenvalue weighted by Gasteiger charge is 2.35. The molecule has 1 N–H and O–H groups in total. The maximum Gasteiger partial charge on any atom is 0.0765 e. The molecule has 2 unspecified atom stereocenters. The van der Waals surface area contributed by atoms with Crippen molar-refractivity contribution in [1.29, 1.82) is 0 Å². The van der Waals surface area contributed by atoms with Crippen molar-refractivity contribution in [3.8, 4) is 0 Å². The molecule has 2 rings (SSSR count). The second-order valence-corrected chi connectivity index (χ2v) is 6.77. The topological polar surface area (TPSA) is 33.1 Å². The summed E-state index contributed by atoms with van der Waals surface area (Å²) in [5.41, 5.74) is 1.45. The molecule has 1 aromatic rings. The fraction of sp³-hybridized carbons (Fsp3) is 0.824. The van der Waals surface area contributed by atoms with Gasteiger partial charge in [0.1, 0.15) is 0 Å². The Kier molecular flexibility index (Phi) is 5.44. The molecule has 1 aromatic heterocycles. The minimum atomic E-state index is 0.241. The molecule has 1 aliphatic heterocycles. The van der Waals surface area contributed by atoms with Gasteiger partial charge >= 0.3 is 0 Å². The van der Waals surface area contributed by atoms with Crippen molar-refractivity contribution < 1.29 is 0 Å². The molecule has 120 valence electrons. The van der Waals surface area contributed by atoms with Crippen LogP contribution in [0.25, 0.3) is 0 Å². The van der Waals surface area contributed by atoms with Crippen LogP contribution in [0.15, 0.2) is 12.3 Å². The first-order valence-corrected chi connectivity index (χ1v) is 8.54. The molecule has 4 nitrogen and oxygen atoms in total. The van der Waals surface area contributed by atoms with Crippen LogP contribution in [0.3, 0.4) is 0 Å². The quantitative estimate of drug-likeness (QED) is 0.874. The van der Waals surface area contributed by atoms with E-state index in [1.807, 2.05) is 0 Å². The fourth-order valence-corrected chi connectivity index (χ4v) is 3.25. The lowest BCUT2D eigenvalue weighted by Gasteiger charge is -2.47. The summed E-state index contributed by atoms with van der Waals surface area (Å²) in [5.74, 6) is 0. The van der Waals surface area contributed by atoms with Gasteiger partial charge in [-0.1, -0.05) is 20.8 Å². The molecule has 0 bridgehead atoms. The van der Waals surface area contributed by atoms with E-state index in [1.165, 1.54) is 12.1 Å². The number of piperazine rings is 1. The zero-order chi connectivity index (χ0) is 15.5. The third kappa shape index (κ3) is 3.67. The first-order valence-electron chi connectivity index (χ1n) is 8.54. The smallest absolute Gasteiger partial charge is 0.0765 e. The summed E-state index contributed by atoms with van der Waals surface area (Å²) in [4.78, 5) is 2.60. The standard InChI is InChI=1S/C17H32N4/c1-6-16(7-2)21-10-9-15(19-21)12-20-11-14(4)18-13-17(20,5)8-3/h9-10,14,16,18H,6-8,11-13H2,1-5H3. The summed E-state index contributed by atoms with van der Waals surface area (Å²) in [5, 5.41) is 8.44. The second-order valence-electron chi connectivity index (χ2n) is 6.77. The molecule has 0 aliphatic carbocycles. The van der Waals surface area contributed by atoms with Crippen molar-refractivity contribution in [3.63, 3.8) is 0 Å². The minimum absolute atomic E-state index is 0.241. The summed E-state index contributed by atoms with van der Waals surface area (Å²) >= 11 is 0. The van der Waals surface area contributed by atoms with Gasteiger partial charge in [0.15, 0.2) is 0 Å². The van der Waals surface area contributed by atoms with Crippen molar-refractivity contribution in [2.45, 2.75) is 78.0 Å². The van der Waals surface area contributed by atoms with Gasteiger partial charge in [-0.3, -0.25) is 9.58 Å². The maximum atomic E-state index is 4.83. The van der Waals surface area contributed by atoms with E-state index < -0.39 is 0 Å². The molecule has 1 fully saturated rings. The summed E-state index contributed by atoms with van der Waals surface area (Å²) in [6, 6.07) is 3.30. The van der Waals surface area contributed by atoms with Gasteiger partial charge in [-0.2, -0.15) is 5.10 Å². The Hall–Kier alpha value is -0.870. The van der Waals surface area contributed by atoms with E-state index in [9.17, 15) is 0 Å². The average molecular weight is 292 g/mol. The van der Waals surface area contributed by atoms with Gasteiger partial charge in [-0.25, -0.2) is 0 Å². The lowest BCUT2D eigenvalue weighted by molar-refractivity contribution is 0.0440. The van der Waals surface area contributed by atoms with E-state index in [2.05, 4.69) is 61.8 Å². The maximum absolute atomic E-state index is 4.83. The minimum Gasteiger partial charge on any atom is -0.311 e. The van der Waals surface area contributed by atoms with E-state index in [4.69, 9.17) is 5.10 Å². The van der Waals surface area contributed by atoms with E-state index >= 15 is 0 Å². The van der Waals surface area contributed by atoms with Crippen molar-refractivity contribution in [1.82, 2.24) is 20.0 Å². The fourth-order valence-electron chi connectivity index (χ4n) is 3.25. The second kappa shape index (κ2) is 6.93. The van der Waals surface area contributed by atoms with Crippen LogP contribution in [0.5, 0.6) is 0 Å². The third-order valence-electron chi connectivity index (χ3n) is 5.18. The predicted octanol–water partition coefficient (Wildman–Crippen LogP) is 3.21. The van der Waals surface area contributed by atoms with E-state index in [1.54, 1.807) is 0 Å². The Morgan fingerprint density at radius 1 is 1.38 bits per heavy atom. The molecular weight excluding hydrogens is 260 g/mol. The van der Waals surface area contributed by atoms with Gasteiger partial charge in [0.05, 0.1) is 11.7 Å². The van der Waals surface area contributed by atoms with Crippen LogP contribution < -0.4 is 5.32 Å². The van der Waals surface area contributed by atoms with Crippen LogP contribution in [-0.2, 0) is 6.54 Å². The lowest BCUT2D eigenvalue weighted by atomic mass is 9.92. The molecule has 0 amide bonds. The predicted molar refractivity (Wildman–Crippen MR) is 88.4 cm³/mol. The van der Waals surface area contributed by atoms with Gasteiger partial charge in [-0.05, 0) is 39.2 Å². The van der Waals surface area contributed by atoms with Crippen molar-refractivity contribution >= 4 is 0 Å². The number of nitrogens with zero attached hydrogens (tertiary/aromatic N) is 3. The van der Waals surface area contributed by atoms with Crippen LogP contribution in [-0.4, -0.2) is 39.4 Å². The highest BCUT2D eigenvalue weighted by atomic mass is 15.3. The summed E-state index contributed by atoms with van der Waals surface area (Å²) < 4.78 is 2.16. The number of nitrogens with one attached hydrogen (secondary N) is 1. The summed E-state index contributed by atoms with van der Waals surface area (Å²) in [7, 11) is 0. The van der Waals surface area contributed by atoms with Crippen LogP contribution >= 0.6 is 0 Å². The SMILES string of the molecule is CCC(CC)n1ccc(CN2CC(C)NCC2(C)CC)n1. The molecule has 0 aromatic carbocycles. The number of hydrogen-bond donors (Lipinski definition) is 1. The molecule has 1 saturated heterocycles. The Labute approximate surface area is 129 Å². The zero-order valence-electron chi connectivity index (χ0n) is 14.4. The van der Waals surface area contributed by atoms with Crippen LogP contribution in [0.2, 0.25) is 0 Å². The first-order chi connectivity index (χ1) is 10.0. The molecule has 2 heterocycles. The summed E-state index contributed by atoms with van der Waals surface area (Å²) in [6.45, 7) is 14.5. The van der Waals surface area contributed by atoms with Gasteiger partial charge in [-0.15, -0.1) is 0 Å². The normalized spacial score (nSPS) is 27.4. The Balaban J connectivity index is 2.09. The molecule has 4 heteroatoms. The van der Waals surface area contributed by atoms with Crippen molar-refractivity contribution in [2.24, 2.45) is 0 Å². The van der Waals surface area contributed by atoms with E-state index in [-0.39, 0.29) is 5.54 Å². The van der Waals surface area contributed by atoms with Gasteiger partial charge in [0, 0.05) is 37.4 Å². The van der Waals surface area contributed by atoms with E-state index in [0.29, 0.717) is 12.1 Å². The highest BCUT2D eigenvalue weighted by molar-refractivity contribution is 5.03. The first kappa shape index (κ1) is 16.5. The molecule has 0 saturated carbocycles. The number of aromatic nitrogens is 2. The number of rotatable bonds is 6. The monoisotopic (exact) mass is 292 g/mol. The van der Waals surface area contributed by atoms with Gasteiger partial charge < -0.3 is 5.32 Å². The average Bonchev–Trinajstić information content (AvgIpc) is 2.93. The van der Waals surface area contributed by atoms with Crippen LogP contribution in [0, 0.1) is 0 Å². The third-order valence-corrected chi connectivity index (χ3v) is 5.18. The van der Waals surface area contributed by atoms with Crippen molar-refractivity contribution in [3.05, 3.63) is 18.0 Å². The van der Waals surface area contributed by atoms with Gasteiger partial charge in [0.2, 0.25) is 0 Å². The van der Waals surface area contributed by atoms with Crippen LogP contribution in [0.4, 0.5) is 0 Å². The van der Waals surface area contributed by atoms with Gasteiger partial charge in [0.25, 0.3) is 0 Å². The molecule has 0 radical (unpaired) electrons. The molecular formula is C17H32N4. The number of hydrogen-bond acceptors (Lipinski definition) is 3. The molecule has 21 heavy (non-hydrogen) atoms. The van der Waals surface area contributed by atoms with Crippen molar-refractivity contribution in [2.75, 3.05) is 13.1 Å². The molecule has 1 aliphatic rings.